The zero-order chi connectivity index (χ0) is 19.4. The average molecular weight is 400 g/mol. The van der Waals surface area contributed by atoms with Crippen molar-refractivity contribution in [2.24, 2.45) is 0 Å². The van der Waals surface area contributed by atoms with Crippen molar-refractivity contribution >= 4 is 17.3 Å². The minimum Gasteiger partial charge on any atom is -0.361 e. The topological polar surface area (TPSA) is 38.7 Å². The summed E-state index contributed by atoms with van der Waals surface area (Å²) < 4.78 is 39.0. The van der Waals surface area contributed by atoms with Crippen LogP contribution in [0.15, 0.2) is 48.5 Å². The first-order valence-corrected chi connectivity index (χ1v) is 9.02. The van der Waals surface area contributed by atoms with Crippen molar-refractivity contribution in [3.05, 3.63) is 64.7 Å². The van der Waals surface area contributed by atoms with Crippen LogP contribution in [0.4, 0.5) is 18.9 Å². The Morgan fingerprint density at radius 3 is 2.33 bits per heavy atom. The summed E-state index contributed by atoms with van der Waals surface area (Å²) in [5.74, 6) is 0. The summed E-state index contributed by atoms with van der Waals surface area (Å²) in [6.07, 6.45) is -5.26. The van der Waals surface area contributed by atoms with E-state index in [9.17, 15) is 18.3 Å². The molecule has 146 valence electrons. The van der Waals surface area contributed by atoms with E-state index in [0.717, 1.165) is 11.8 Å². The number of aliphatic hydroxyl groups excluding tert-OH is 1. The van der Waals surface area contributed by atoms with Gasteiger partial charge in [-0.25, -0.2) is 0 Å². The van der Waals surface area contributed by atoms with Crippen LogP contribution in [0.1, 0.15) is 11.1 Å². The number of alkyl halides is 3. The van der Waals surface area contributed by atoms with Gasteiger partial charge in [-0.15, -0.1) is 0 Å². The lowest BCUT2D eigenvalue weighted by atomic mass is 10.1. The Hall–Kier alpha value is -1.80. The number of nitrogens with one attached hydrogen (secondary N) is 1. The molecule has 1 aliphatic heterocycles. The van der Waals surface area contributed by atoms with Crippen LogP contribution in [0.2, 0.25) is 5.02 Å². The molecule has 4 nitrogen and oxygen atoms in total. The molecule has 1 unspecified atom stereocenters. The molecule has 2 aromatic rings. The molecule has 0 aliphatic carbocycles. The fraction of sp³-hybridized carbons (Fsp3) is 0.368. The van der Waals surface area contributed by atoms with Gasteiger partial charge in [-0.1, -0.05) is 35.9 Å². The van der Waals surface area contributed by atoms with E-state index >= 15 is 0 Å². The van der Waals surface area contributed by atoms with Gasteiger partial charge in [0.25, 0.3) is 0 Å². The van der Waals surface area contributed by atoms with Gasteiger partial charge in [-0.05, 0) is 29.8 Å². The molecule has 2 N–H and O–H groups in total. The van der Waals surface area contributed by atoms with E-state index in [2.05, 4.69) is 10.2 Å². The van der Waals surface area contributed by atoms with Crippen LogP contribution >= 0.6 is 11.6 Å². The van der Waals surface area contributed by atoms with E-state index < -0.39 is 18.1 Å². The summed E-state index contributed by atoms with van der Waals surface area (Å²) in [7, 11) is 0. The van der Waals surface area contributed by atoms with E-state index in [1.54, 1.807) is 6.07 Å². The molecule has 1 fully saturated rings. The maximum absolute atomic E-state index is 13.0. The van der Waals surface area contributed by atoms with Crippen LogP contribution in [0.5, 0.6) is 0 Å². The molecule has 1 saturated heterocycles. The van der Waals surface area contributed by atoms with Gasteiger partial charge >= 0.3 is 6.18 Å². The Morgan fingerprint density at radius 1 is 1.04 bits per heavy atom. The number of nitrogens with zero attached hydrogens (tertiary/aromatic N) is 2. The van der Waals surface area contributed by atoms with Crippen LogP contribution < -0.4 is 5.32 Å². The van der Waals surface area contributed by atoms with E-state index in [-0.39, 0.29) is 5.02 Å². The highest BCUT2D eigenvalue weighted by atomic mass is 35.5. The molecule has 0 aromatic heterocycles. The van der Waals surface area contributed by atoms with Gasteiger partial charge in [0, 0.05) is 38.4 Å². The molecule has 8 heteroatoms. The fourth-order valence-corrected chi connectivity index (χ4v) is 3.31. The lowest BCUT2D eigenvalue weighted by Gasteiger charge is -2.37. The molecular formula is C19H21ClF3N3O. The number of para-hydroxylation sites is 1. The Balaban J connectivity index is 1.54. The lowest BCUT2D eigenvalue weighted by molar-refractivity contribution is -0.137. The van der Waals surface area contributed by atoms with Crippen LogP contribution in [0.25, 0.3) is 0 Å². The minimum atomic E-state index is -4.46. The first-order chi connectivity index (χ1) is 12.8. The number of hydrogen-bond donors (Lipinski definition) is 2. The maximum atomic E-state index is 13.0. The SMILES string of the molecule is OC(Nc1ccccc1)N1CCN(Cc2ccc(Cl)c(C(F)(F)F)c2)CC1. The Morgan fingerprint density at radius 2 is 1.70 bits per heavy atom. The van der Waals surface area contributed by atoms with E-state index in [1.165, 1.54) is 6.07 Å². The highest BCUT2D eigenvalue weighted by Gasteiger charge is 2.33. The third-order valence-corrected chi connectivity index (χ3v) is 4.89. The summed E-state index contributed by atoms with van der Waals surface area (Å²) in [4.78, 5) is 3.96. The average Bonchev–Trinajstić information content (AvgIpc) is 2.64. The maximum Gasteiger partial charge on any atom is 0.417 e. The van der Waals surface area contributed by atoms with E-state index in [4.69, 9.17) is 11.6 Å². The largest absolute Gasteiger partial charge is 0.417 e. The normalized spacial score (nSPS) is 17.7. The zero-order valence-electron chi connectivity index (χ0n) is 14.6. The van der Waals surface area contributed by atoms with Crippen molar-refractivity contribution in [1.29, 1.82) is 0 Å². The molecule has 0 radical (unpaired) electrons. The van der Waals surface area contributed by atoms with Gasteiger partial charge in [-0.2, -0.15) is 13.2 Å². The van der Waals surface area contributed by atoms with Crippen molar-refractivity contribution in [2.45, 2.75) is 19.1 Å². The predicted molar refractivity (Wildman–Crippen MR) is 99.4 cm³/mol. The second-order valence-corrected chi connectivity index (χ2v) is 6.92. The van der Waals surface area contributed by atoms with E-state index in [1.807, 2.05) is 35.2 Å². The van der Waals surface area contributed by atoms with E-state index in [0.29, 0.717) is 38.3 Å². The van der Waals surface area contributed by atoms with Gasteiger partial charge in [0.2, 0.25) is 0 Å². The molecule has 1 aliphatic rings. The van der Waals surface area contributed by atoms with Crippen molar-refractivity contribution < 1.29 is 18.3 Å². The molecule has 0 saturated carbocycles. The van der Waals surface area contributed by atoms with Crippen molar-refractivity contribution in [3.8, 4) is 0 Å². The Bertz CT molecular complexity index is 750. The molecule has 1 heterocycles. The third kappa shape index (κ3) is 5.35. The Kier molecular flexibility index (Phi) is 6.26. The number of benzene rings is 2. The van der Waals surface area contributed by atoms with Gasteiger partial charge in [0.15, 0.2) is 6.35 Å². The van der Waals surface area contributed by atoms with Gasteiger partial charge in [-0.3, -0.25) is 9.80 Å². The first-order valence-electron chi connectivity index (χ1n) is 8.64. The predicted octanol–water partition coefficient (Wildman–Crippen LogP) is 3.86. The number of hydrogen-bond acceptors (Lipinski definition) is 4. The van der Waals surface area contributed by atoms with Crippen LogP contribution in [-0.4, -0.2) is 47.4 Å². The van der Waals surface area contributed by atoms with Gasteiger partial charge < -0.3 is 10.4 Å². The molecular weight excluding hydrogens is 379 g/mol. The standard InChI is InChI=1S/C19H21ClF3N3O/c20-17-7-6-14(12-16(17)19(21,22)23)13-25-8-10-26(11-9-25)18(27)24-15-4-2-1-3-5-15/h1-7,12,18,24,27H,8-11,13H2. The van der Waals surface area contributed by atoms with Crippen molar-refractivity contribution in [1.82, 2.24) is 9.80 Å². The van der Waals surface area contributed by atoms with Gasteiger partial charge in [0.1, 0.15) is 0 Å². The second kappa shape index (κ2) is 8.48. The smallest absolute Gasteiger partial charge is 0.361 e. The minimum absolute atomic E-state index is 0.286. The van der Waals surface area contributed by atoms with Gasteiger partial charge in [0.05, 0.1) is 10.6 Å². The summed E-state index contributed by atoms with van der Waals surface area (Å²) in [5, 5.41) is 13.1. The summed E-state index contributed by atoms with van der Waals surface area (Å²) in [6.45, 7) is 2.94. The fourth-order valence-electron chi connectivity index (χ4n) is 3.09. The molecule has 0 bridgehead atoms. The highest BCUT2D eigenvalue weighted by molar-refractivity contribution is 6.31. The first kappa shape index (κ1) is 19.9. The molecule has 2 aromatic carbocycles. The molecule has 1 atom stereocenters. The lowest BCUT2D eigenvalue weighted by Crippen LogP contribution is -2.52. The molecule has 27 heavy (non-hydrogen) atoms. The number of anilines is 1. The van der Waals surface area contributed by atoms with Crippen LogP contribution in [-0.2, 0) is 12.7 Å². The molecule has 3 rings (SSSR count). The second-order valence-electron chi connectivity index (χ2n) is 6.51. The van der Waals surface area contributed by atoms with Crippen LogP contribution in [0.3, 0.4) is 0 Å². The third-order valence-electron chi connectivity index (χ3n) is 4.56. The number of halogens is 4. The summed E-state index contributed by atoms with van der Waals surface area (Å²) >= 11 is 5.67. The number of rotatable bonds is 5. The summed E-state index contributed by atoms with van der Waals surface area (Å²) in [5.41, 5.74) is 0.596. The summed E-state index contributed by atoms with van der Waals surface area (Å²) in [6, 6.07) is 13.4. The Labute approximate surface area is 161 Å². The quantitative estimate of drug-likeness (QED) is 0.749. The number of aliphatic hydroxyl groups is 1. The zero-order valence-corrected chi connectivity index (χ0v) is 15.3. The highest BCUT2D eigenvalue weighted by Crippen LogP contribution is 2.35. The number of piperazine rings is 1. The van der Waals surface area contributed by atoms with Crippen molar-refractivity contribution in [3.63, 3.8) is 0 Å². The van der Waals surface area contributed by atoms with Crippen molar-refractivity contribution in [2.75, 3.05) is 31.5 Å². The van der Waals surface area contributed by atoms with Crippen LogP contribution in [0, 0.1) is 0 Å². The molecule has 0 spiro atoms. The monoisotopic (exact) mass is 399 g/mol. The molecule has 0 amide bonds.